The number of amides is 2. The maximum Gasteiger partial charge on any atom is 0.356 e. The fraction of sp³-hybridized carbons (Fsp3) is 0.207. The van der Waals surface area contributed by atoms with E-state index in [1.807, 2.05) is 67.6 Å². The number of thioether (sulfide) groups is 2. The molecule has 15 heteroatoms. The molecule has 2 unspecified atom stereocenters. The quantitative estimate of drug-likeness (QED) is 0.0432. The minimum Gasteiger partial charge on any atom is -0.448 e. The highest BCUT2D eigenvalue weighted by atomic mass is 79.9. The third-order valence-electron chi connectivity index (χ3n) is 6.55. The van der Waals surface area contributed by atoms with E-state index in [1.54, 1.807) is 11.5 Å². The number of β-lactam (4-membered cyclic amide) rings is 1. The molecule has 0 bridgehead atoms. The Morgan fingerprint density at radius 1 is 1.16 bits per heavy atom. The first-order valence-corrected chi connectivity index (χ1v) is 16.9. The molecule has 0 saturated carbocycles. The van der Waals surface area contributed by atoms with Gasteiger partial charge in [0, 0.05) is 5.75 Å². The van der Waals surface area contributed by atoms with Crippen molar-refractivity contribution in [1.82, 2.24) is 20.4 Å². The van der Waals surface area contributed by atoms with Gasteiger partial charge in [0.25, 0.3) is 11.8 Å². The molecule has 2 atom stereocenters. The second-order valence-electron chi connectivity index (χ2n) is 9.35. The molecule has 0 radical (unpaired) electrons. The van der Waals surface area contributed by atoms with Crippen LogP contribution in [-0.4, -0.2) is 72.1 Å². The molecule has 44 heavy (non-hydrogen) atoms. The number of carbonyl (C=O) groups is 4. The third-order valence-corrected chi connectivity index (χ3v) is 10.1. The van der Waals surface area contributed by atoms with Crippen LogP contribution >= 0.6 is 50.8 Å². The average Bonchev–Trinajstić information content (AvgIpc) is 3.47. The van der Waals surface area contributed by atoms with Crippen molar-refractivity contribution in [2.24, 2.45) is 5.16 Å². The summed E-state index contributed by atoms with van der Waals surface area (Å²) in [6.07, 6.45) is 0.992. The Hall–Kier alpha value is -3.79. The predicted octanol–water partition coefficient (Wildman–Crippen LogP) is 4.23. The van der Waals surface area contributed by atoms with Crippen LogP contribution < -0.4 is 5.32 Å². The Labute approximate surface area is 273 Å². The molecule has 226 valence electrons. The molecule has 2 aliphatic heterocycles. The zero-order chi connectivity index (χ0) is 31.2. The van der Waals surface area contributed by atoms with Gasteiger partial charge >= 0.3 is 5.97 Å². The number of nitrogens with one attached hydrogen (secondary N) is 1. The largest absolute Gasteiger partial charge is 0.448 e. The van der Waals surface area contributed by atoms with E-state index in [2.05, 4.69) is 36.6 Å². The van der Waals surface area contributed by atoms with Gasteiger partial charge in [-0.15, -0.1) is 22.0 Å². The molecule has 3 heterocycles. The minimum atomic E-state index is -1.06. The number of carbonyl (C=O) groups excluding carboxylic acids is 4. The monoisotopic (exact) mass is 713 g/mol. The van der Waals surface area contributed by atoms with Crippen molar-refractivity contribution in [3.63, 3.8) is 0 Å². The van der Waals surface area contributed by atoms with Gasteiger partial charge in [0.2, 0.25) is 11.5 Å². The number of allylic oxidation sites excluding steroid dienone is 1. The summed E-state index contributed by atoms with van der Waals surface area (Å²) in [5.41, 5.74) is 1.38. The van der Waals surface area contributed by atoms with Gasteiger partial charge in [-0.1, -0.05) is 105 Å². The second-order valence-corrected chi connectivity index (χ2v) is 13.4. The Morgan fingerprint density at radius 3 is 2.39 bits per heavy atom. The average molecular weight is 715 g/mol. The zero-order valence-corrected chi connectivity index (χ0v) is 27.0. The molecule has 1 aromatic heterocycles. The Morgan fingerprint density at radius 2 is 1.82 bits per heavy atom. The molecule has 11 nitrogen and oxygen atoms in total. The van der Waals surface area contributed by atoms with Crippen LogP contribution in [0.15, 0.2) is 92.9 Å². The van der Waals surface area contributed by atoms with Gasteiger partial charge in [-0.2, -0.15) is 0 Å². The number of rotatable bonds is 11. The van der Waals surface area contributed by atoms with Gasteiger partial charge in [-0.05, 0) is 35.1 Å². The summed E-state index contributed by atoms with van der Waals surface area (Å²) in [4.78, 5) is 53.4. The fourth-order valence-electron chi connectivity index (χ4n) is 4.51. The van der Waals surface area contributed by atoms with Crippen molar-refractivity contribution in [2.75, 3.05) is 11.1 Å². The third kappa shape index (κ3) is 6.80. The zero-order valence-electron chi connectivity index (χ0n) is 23.0. The van der Waals surface area contributed by atoms with Gasteiger partial charge in [0.1, 0.15) is 22.1 Å². The van der Waals surface area contributed by atoms with E-state index in [4.69, 9.17) is 4.74 Å². The number of fused-ring (bicyclic) bond motifs is 1. The number of alkyl halides is 1. The van der Waals surface area contributed by atoms with E-state index >= 15 is 0 Å². The molecule has 2 N–H and O–H groups in total. The number of aryl methyl sites for hydroxylation is 1. The van der Waals surface area contributed by atoms with Crippen LogP contribution in [0.25, 0.3) is 0 Å². The molecule has 0 spiro atoms. The Bertz CT molecular complexity index is 1620. The lowest BCUT2D eigenvalue weighted by atomic mass is 10.0. The Balaban J connectivity index is 1.45. The van der Waals surface area contributed by atoms with Crippen LogP contribution in [0.1, 0.15) is 22.2 Å². The maximum absolute atomic E-state index is 14.0. The molecule has 0 aliphatic carbocycles. The van der Waals surface area contributed by atoms with Crippen molar-refractivity contribution in [3.8, 4) is 0 Å². The number of Topliss-reactive ketones (excluding diaryl/α,β-unsaturated/α-hetero) is 1. The van der Waals surface area contributed by atoms with Crippen LogP contribution in [0.5, 0.6) is 0 Å². The van der Waals surface area contributed by atoms with Crippen LogP contribution in [-0.2, 0) is 23.9 Å². The van der Waals surface area contributed by atoms with E-state index in [1.165, 1.54) is 39.8 Å². The van der Waals surface area contributed by atoms with E-state index in [0.29, 0.717) is 11.3 Å². The summed E-state index contributed by atoms with van der Waals surface area (Å²) in [5, 5.41) is 24.3. The summed E-state index contributed by atoms with van der Waals surface area (Å²) in [6.45, 7) is 1.85. The topological polar surface area (TPSA) is 151 Å². The summed E-state index contributed by atoms with van der Waals surface area (Å²) >= 11 is 7.03. The number of esters is 1. The van der Waals surface area contributed by atoms with Crippen LogP contribution in [0, 0.1) is 6.92 Å². The lowest BCUT2D eigenvalue weighted by molar-refractivity contribution is -0.154. The lowest BCUT2D eigenvalue weighted by Gasteiger charge is -2.49. The van der Waals surface area contributed by atoms with Gasteiger partial charge < -0.3 is 15.3 Å². The van der Waals surface area contributed by atoms with Crippen LogP contribution in [0.3, 0.4) is 0 Å². The highest BCUT2D eigenvalue weighted by molar-refractivity contribution is 9.09. The number of ether oxygens (including phenoxy) is 1. The summed E-state index contributed by atoms with van der Waals surface area (Å²) in [7, 11) is 0. The number of aromatic nitrogens is 2. The lowest BCUT2D eigenvalue weighted by Crippen LogP contribution is -2.71. The molecule has 1 fully saturated rings. The predicted molar refractivity (Wildman–Crippen MR) is 171 cm³/mol. The number of hydrogen-bond donors (Lipinski definition) is 2. The van der Waals surface area contributed by atoms with Crippen molar-refractivity contribution in [2.45, 2.75) is 28.8 Å². The van der Waals surface area contributed by atoms with Crippen LogP contribution in [0.2, 0.25) is 0 Å². The number of benzene rings is 2. The SMILES string of the molecule is Cc1nnc(SC=CC2=C(C(=O)OC(c3ccccc3)c3ccccc3)N3C(=O)C(NC(=O)C(=NO)C(=O)CBr)C3SC2)s1. The van der Waals surface area contributed by atoms with Crippen LogP contribution in [0.4, 0.5) is 0 Å². The highest BCUT2D eigenvalue weighted by Gasteiger charge is 2.54. The number of hydrogen-bond acceptors (Lipinski definition) is 12. The molecule has 2 amide bonds. The first-order chi connectivity index (χ1) is 21.3. The maximum atomic E-state index is 14.0. The molecule has 1 saturated heterocycles. The molecule has 3 aromatic rings. The smallest absolute Gasteiger partial charge is 0.356 e. The molecule has 2 aromatic carbocycles. The normalized spacial score (nSPS) is 18.3. The molecule has 2 aliphatic rings. The van der Waals surface area contributed by atoms with Gasteiger partial charge in [-0.25, -0.2) is 4.79 Å². The van der Waals surface area contributed by atoms with Crippen molar-refractivity contribution in [3.05, 3.63) is 99.6 Å². The van der Waals surface area contributed by atoms with E-state index in [0.717, 1.165) is 20.5 Å². The molecular formula is C29H24BrN5O6S3. The number of halogens is 1. The van der Waals surface area contributed by atoms with E-state index < -0.39 is 46.8 Å². The molecular weight excluding hydrogens is 690 g/mol. The van der Waals surface area contributed by atoms with E-state index in [-0.39, 0.29) is 11.0 Å². The summed E-state index contributed by atoms with van der Waals surface area (Å²) < 4.78 is 6.85. The van der Waals surface area contributed by atoms with Crippen molar-refractivity contribution in [1.29, 1.82) is 0 Å². The van der Waals surface area contributed by atoms with Crippen molar-refractivity contribution < 1.29 is 29.1 Å². The number of ketones is 1. The standard InChI is InChI=1S/C29H24BrN5O6S3/c1-16-32-33-29(44-16)42-13-12-19-15-43-27-22(31-25(37)21(34-40)20(36)14-30)26(38)35(27)23(19)28(39)41-24(17-8-4-2-5-9-17)18-10-6-3-7-11-18/h2-13,22,24,27,40H,14-15H2,1H3,(H,31,37). The van der Waals surface area contributed by atoms with Gasteiger partial charge in [0.05, 0.1) is 5.33 Å². The summed E-state index contributed by atoms with van der Waals surface area (Å²) in [6, 6.07) is 17.5. The number of oxime groups is 1. The number of nitrogens with zero attached hydrogens (tertiary/aromatic N) is 4. The van der Waals surface area contributed by atoms with E-state index in [9.17, 15) is 24.4 Å². The molecule has 5 rings (SSSR count). The van der Waals surface area contributed by atoms with Gasteiger partial charge in [-0.3, -0.25) is 19.3 Å². The first kappa shape index (κ1) is 31.6. The Kier molecular flexibility index (Phi) is 10.3. The minimum absolute atomic E-state index is 0.0546. The van der Waals surface area contributed by atoms with Gasteiger partial charge in [0.15, 0.2) is 10.4 Å². The second kappa shape index (κ2) is 14.3. The fourth-order valence-corrected chi connectivity index (χ4v) is 7.67. The van der Waals surface area contributed by atoms with Crippen molar-refractivity contribution >= 4 is 80.1 Å². The first-order valence-electron chi connectivity index (χ1n) is 13.1. The summed E-state index contributed by atoms with van der Waals surface area (Å²) in [5.74, 6) is -2.71. The highest BCUT2D eigenvalue weighted by Crippen LogP contribution is 2.42.